The van der Waals surface area contributed by atoms with Gasteiger partial charge in [0.15, 0.2) is 0 Å². The van der Waals surface area contributed by atoms with Crippen molar-refractivity contribution in [2.45, 2.75) is 0 Å². The molecule has 6 heteroatoms. The Bertz CT molecular complexity index is 1140. The van der Waals surface area contributed by atoms with Gasteiger partial charge in [-0.2, -0.15) is 10.4 Å². The molecule has 1 amide bonds. The van der Waals surface area contributed by atoms with Gasteiger partial charge in [0.25, 0.3) is 5.91 Å². The number of nitrogens with one attached hydrogen (secondary N) is 1. The predicted octanol–water partition coefficient (Wildman–Crippen LogP) is 4.31. The van der Waals surface area contributed by atoms with E-state index in [1.807, 2.05) is 60.7 Å². The summed E-state index contributed by atoms with van der Waals surface area (Å²) in [5.41, 5.74) is 2.97. The van der Waals surface area contributed by atoms with Crippen LogP contribution in [0.5, 0.6) is 5.75 Å². The number of amides is 1. The van der Waals surface area contributed by atoms with Crippen LogP contribution in [0.15, 0.2) is 91.7 Å². The first kappa shape index (κ1) is 21.3. The Morgan fingerprint density at radius 1 is 1.13 bits per heavy atom. The summed E-state index contributed by atoms with van der Waals surface area (Å²) in [6, 6.07) is 19.0. The van der Waals surface area contributed by atoms with Gasteiger partial charge in [0.2, 0.25) is 0 Å². The fourth-order valence-corrected chi connectivity index (χ4v) is 2.86. The molecule has 1 aromatic heterocycles. The van der Waals surface area contributed by atoms with Gasteiger partial charge in [-0.1, -0.05) is 36.9 Å². The molecular formula is C25H22N4O2. The fraction of sp³-hybridized carbons (Fsp3) is 0.0800. The lowest BCUT2D eigenvalue weighted by Gasteiger charge is -2.05. The smallest absolute Gasteiger partial charge is 0.262 e. The Balaban J connectivity index is 2.04. The van der Waals surface area contributed by atoms with Crippen LogP contribution in [0.25, 0.3) is 23.0 Å². The number of hydrogen-bond donors (Lipinski definition) is 1. The molecule has 0 aliphatic carbocycles. The van der Waals surface area contributed by atoms with Gasteiger partial charge in [-0.25, -0.2) is 4.68 Å². The zero-order valence-corrected chi connectivity index (χ0v) is 17.0. The van der Waals surface area contributed by atoms with E-state index in [9.17, 15) is 10.1 Å². The summed E-state index contributed by atoms with van der Waals surface area (Å²) in [4.78, 5) is 12.3. The molecule has 0 aliphatic rings. The van der Waals surface area contributed by atoms with Gasteiger partial charge in [0, 0.05) is 23.9 Å². The summed E-state index contributed by atoms with van der Waals surface area (Å²) >= 11 is 0. The molecule has 31 heavy (non-hydrogen) atoms. The third-order valence-corrected chi connectivity index (χ3v) is 4.33. The first-order chi connectivity index (χ1) is 15.2. The highest BCUT2D eigenvalue weighted by Gasteiger charge is 2.15. The van der Waals surface area contributed by atoms with E-state index in [4.69, 9.17) is 9.84 Å². The summed E-state index contributed by atoms with van der Waals surface area (Å²) in [5, 5.41) is 16.8. The normalized spacial score (nSPS) is 10.7. The van der Waals surface area contributed by atoms with Crippen LogP contribution in [-0.4, -0.2) is 28.8 Å². The number of nitriles is 1. The molecule has 0 aliphatic heterocycles. The minimum atomic E-state index is -0.464. The summed E-state index contributed by atoms with van der Waals surface area (Å²) < 4.78 is 7.26. The van der Waals surface area contributed by atoms with Gasteiger partial charge >= 0.3 is 0 Å². The standard InChI is InChI=1S/C25H22N4O2/c1-3-14-27-25(30)20(17-26)16-21-18-29(22-8-6-5-7-9-22)28-24(21)19-10-12-23(13-11-19)31-15-4-2/h3-13,16,18H,1-2,14-15H2,(H,27,30)/b20-16+. The van der Waals surface area contributed by atoms with E-state index in [0.717, 1.165) is 11.3 Å². The van der Waals surface area contributed by atoms with Crippen molar-refractivity contribution >= 4 is 12.0 Å². The molecule has 1 N–H and O–H groups in total. The van der Waals surface area contributed by atoms with Crippen molar-refractivity contribution in [1.29, 1.82) is 5.26 Å². The number of carbonyl (C=O) groups excluding carboxylic acids is 1. The molecule has 154 valence electrons. The van der Waals surface area contributed by atoms with Crippen LogP contribution in [0.3, 0.4) is 0 Å². The fourth-order valence-electron chi connectivity index (χ4n) is 2.86. The van der Waals surface area contributed by atoms with E-state index in [1.165, 1.54) is 0 Å². The zero-order chi connectivity index (χ0) is 22.1. The Hall–Kier alpha value is -4.37. The molecule has 0 unspecified atom stereocenters. The highest BCUT2D eigenvalue weighted by atomic mass is 16.5. The first-order valence-electron chi connectivity index (χ1n) is 9.66. The topological polar surface area (TPSA) is 79.9 Å². The molecule has 0 saturated heterocycles. The Kier molecular flexibility index (Phi) is 7.17. The number of benzene rings is 2. The lowest BCUT2D eigenvalue weighted by atomic mass is 10.1. The van der Waals surface area contributed by atoms with Crippen molar-refractivity contribution in [2.24, 2.45) is 0 Å². The molecule has 1 heterocycles. The molecule has 0 saturated carbocycles. The third-order valence-electron chi connectivity index (χ3n) is 4.33. The van der Waals surface area contributed by atoms with Crippen molar-refractivity contribution in [3.8, 4) is 28.8 Å². The number of carbonyl (C=O) groups is 1. The number of hydrogen-bond acceptors (Lipinski definition) is 4. The minimum absolute atomic E-state index is 0.0124. The number of rotatable bonds is 9. The lowest BCUT2D eigenvalue weighted by molar-refractivity contribution is -0.116. The number of aromatic nitrogens is 2. The third kappa shape index (κ3) is 5.37. The number of ether oxygens (including phenoxy) is 1. The number of nitrogens with zero attached hydrogens (tertiary/aromatic N) is 3. The maximum Gasteiger partial charge on any atom is 0.262 e. The van der Waals surface area contributed by atoms with Crippen LogP contribution >= 0.6 is 0 Å². The summed E-state index contributed by atoms with van der Waals surface area (Å²) in [7, 11) is 0. The van der Waals surface area contributed by atoms with Crippen LogP contribution in [-0.2, 0) is 4.79 Å². The number of para-hydroxylation sites is 1. The van der Waals surface area contributed by atoms with Gasteiger partial charge in [-0.3, -0.25) is 4.79 Å². The van der Waals surface area contributed by atoms with Gasteiger partial charge in [0.05, 0.1) is 11.4 Å². The van der Waals surface area contributed by atoms with E-state index < -0.39 is 5.91 Å². The zero-order valence-electron chi connectivity index (χ0n) is 17.0. The van der Waals surface area contributed by atoms with E-state index in [-0.39, 0.29) is 12.1 Å². The van der Waals surface area contributed by atoms with Crippen LogP contribution in [0, 0.1) is 11.3 Å². The lowest BCUT2D eigenvalue weighted by Crippen LogP contribution is -2.24. The second-order valence-electron chi connectivity index (χ2n) is 6.51. The Morgan fingerprint density at radius 2 is 1.87 bits per heavy atom. The van der Waals surface area contributed by atoms with Gasteiger partial charge in [-0.05, 0) is 42.5 Å². The van der Waals surface area contributed by atoms with Gasteiger partial charge in [-0.15, -0.1) is 6.58 Å². The average Bonchev–Trinajstić information content (AvgIpc) is 3.24. The van der Waals surface area contributed by atoms with Gasteiger partial charge < -0.3 is 10.1 Å². The van der Waals surface area contributed by atoms with Crippen LogP contribution in [0.4, 0.5) is 0 Å². The monoisotopic (exact) mass is 410 g/mol. The van der Waals surface area contributed by atoms with E-state index >= 15 is 0 Å². The van der Waals surface area contributed by atoms with Crippen LogP contribution < -0.4 is 10.1 Å². The van der Waals surface area contributed by atoms with Crippen LogP contribution in [0.1, 0.15) is 5.56 Å². The minimum Gasteiger partial charge on any atom is -0.490 e. The second kappa shape index (κ2) is 10.4. The maximum absolute atomic E-state index is 12.3. The van der Waals surface area contributed by atoms with E-state index in [1.54, 1.807) is 29.1 Å². The Morgan fingerprint density at radius 3 is 2.52 bits per heavy atom. The summed E-state index contributed by atoms with van der Waals surface area (Å²) in [6.45, 7) is 7.91. The molecule has 0 radical (unpaired) electrons. The van der Waals surface area contributed by atoms with Crippen LogP contribution in [0.2, 0.25) is 0 Å². The van der Waals surface area contributed by atoms with Crippen molar-refractivity contribution in [1.82, 2.24) is 15.1 Å². The van der Waals surface area contributed by atoms with Gasteiger partial charge in [0.1, 0.15) is 24.0 Å². The molecule has 0 atom stereocenters. The molecule has 3 aromatic rings. The van der Waals surface area contributed by atoms with E-state index in [0.29, 0.717) is 23.6 Å². The summed E-state index contributed by atoms with van der Waals surface area (Å²) in [5.74, 6) is 0.249. The molecule has 2 aromatic carbocycles. The molecular weight excluding hydrogens is 388 g/mol. The Labute approximate surface area is 181 Å². The summed E-state index contributed by atoms with van der Waals surface area (Å²) in [6.07, 6.45) is 6.58. The average molecular weight is 410 g/mol. The quantitative estimate of drug-likeness (QED) is 0.324. The van der Waals surface area contributed by atoms with Crippen molar-refractivity contribution in [2.75, 3.05) is 13.2 Å². The van der Waals surface area contributed by atoms with Crippen molar-refractivity contribution < 1.29 is 9.53 Å². The largest absolute Gasteiger partial charge is 0.490 e. The molecule has 0 bridgehead atoms. The first-order valence-corrected chi connectivity index (χ1v) is 9.66. The molecule has 0 fully saturated rings. The highest BCUT2D eigenvalue weighted by molar-refractivity contribution is 6.02. The van der Waals surface area contributed by atoms with E-state index in [2.05, 4.69) is 18.5 Å². The SMILES string of the molecule is C=CCNC(=O)/C(C#N)=C/c1cn(-c2ccccc2)nc1-c1ccc(OCC=C)cc1. The second-order valence-corrected chi connectivity index (χ2v) is 6.51. The maximum atomic E-state index is 12.3. The predicted molar refractivity (Wildman–Crippen MR) is 121 cm³/mol. The highest BCUT2D eigenvalue weighted by Crippen LogP contribution is 2.27. The molecule has 0 spiro atoms. The van der Waals surface area contributed by atoms with Crippen molar-refractivity contribution in [3.05, 3.63) is 97.2 Å². The molecule has 3 rings (SSSR count). The molecule has 6 nitrogen and oxygen atoms in total. The van der Waals surface area contributed by atoms with Crippen molar-refractivity contribution in [3.63, 3.8) is 0 Å².